The number of amides is 6. The van der Waals surface area contributed by atoms with Crippen LogP contribution in [0.5, 0.6) is 0 Å². The van der Waals surface area contributed by atoms with E-state index in [2.05, 4.69) is 37.2 Å². The molecule has 0 aliphatic carbocycles. The van der Waals surface area contributed by atoms with E-state index in [1.807, 2.05) is 32.2 Å². The van der Waals surface area contributed by atoms with E-state index in [0.717, 1.165) is 37.1 Å². The fourth-order valence-corrected chi connectivity index (χ4v) is 4.75. The van der Waals surface area contributed by atoms with Gasteiger partial charge in [0.15, 0.2) is 5.78 Å². The minimum absolute atomic E-state index is 0.0999. The molecule has 6 amide bonds. The highest BCUT2D eigenvalue weighted by molar-refractivity contribution is 6.09. The Kier molecular flexibility index (Phi) is 22.6. The van der Waals surface area contributed by atoms with Gasteiger partial charge in [0, 0.05) is 42.9 Å². The number of nitrogens with one attached hydrogen (secondary N) is 7. The number of ether oxygens (including phenoxy) is 2. The Morgan fingerprint density at radius 1 is 0.655 bits per heavy atom. The molecule has 2 rings (SSSR count). The van der Waals surface area contributed by atoms with Gasteiger partial charge in [0.2, 0.25) is 35.4 Å². The lowest BCUT2D eigenvalue weighted by molar-refractivity contribution is -0.132. The van der Waals surface area contributed by atoms with E-state index in [-0.39, 0.29) is 37.8 Å². The van der Waals surface area contributed by atoms with Gasteiger partial charge in [-0.3, -0.25) is 33.6 Å². The molecule has 0 fully saturated rings. The second-order valence-corrected chi connectivity index (χ2v) is 12.4. The van der Waals surface area contributed by atoms with E-state index in [9.17, 15) is 33.6 Å². The molecular formula is C39H55N7O9. The van der Waals surface area contributed by atoms with Gasteiger partial charge in [-0.25, -0.2) is 0 Å². The molecule has 0 heterocycles. The zero-order chi connectivity index (χ0) is 40.3. The maximum Gasteiger partial charge on any atom is 0.244 e. The molecule has 0 spiro atoms. The first-order valence-electron chi connectivity index (χ1n) is 18.4. The van der Waals surface area contributed by atoms with Gasteiger partial charge in [-0.2, -0.15) is 0 Å². The Bertz CT molecular complexity index is 1550. The number of hydrogen-bond donors (Lipinski definition) is 7. The first-order chi connectivity index (χ1) is 26.5. The summed E-state index contributed by atoms with van der Waals surface area (Å²) in [6.07, 6.45) is 4.15. The highest BCUT2D eigenvalue weighted by atomic mass is 16.5. The molecule has 0 bridgehead atoms. The SMILES string of the molecule is CCCCNC(=O)C(CCc1ccc(C(=O)c2ccccc2)cc1)NC(=O)C(C)NC(=O)CNC(=O)/C=C/C(=O)NCC(=O)NCCOCCOCCNC. The van der Waals surface area contributed by atoms with Crippen molar-refractivity contribution in [2.75, 3.05) is 66.2 Å². The number of aryl methyl sites for hydroxylation is 1. The second kappa shape index (κ2) is 27.2. The third kappa shape index (κ3) is 20.0. The highest BCUT2D eigenvalue weighted by Gasteiger charge is 2.24. The van der Waals surface area contributed by atoms with Crippen LogP contribution in [-0.4, -0.2) is 120 Å². The summed E-state index contributed by atoms with van der Waals surface area (Å²) >= 11 is 0. The quantitative estimate of drug-likeness (QED) is 0.0364. The molecule has 300 valence electrons. The van der Waals surface area contributed by atoms with E-state index < -0.39 is 48.2 Å². The summed E-state index contributed by atoms with van der Waals surface area (Å²) in [5.41, 5.74) is 1.99. The minimum atomic E-state index is -1.04. The molecule has 0 aliphatic heterocycles. The monoisotopic (exact) mass is 765 g/mol. The molecule has 55 heavy (non-hydrogen) atoms. The van der Waals surface area contributed by atoms with Gasteiger partial charge in [0.1, 0.15) is 12.1 Å². The van der Waals surface area contributed by atoms with Crippen LogP contribution < -0.4 is 37.2 Å². The number of unbranched alkanes of at least 4 members (excludes halogenated alkanes) is 1. The van der Waals surface area contributed by atoms with Gasteiger partial charge in [-0.1, -0.05) is 67.9 Å². The molecule has 2 atom stereocenters. The van der Waals surface area contributed by atoms with Gasteiger partial charge < -0.3 is 46.7 Å². The number of benzene rings is 2. The summed E-state index contributed by atoms with van der Waals surface area (Å²) in [7, 11) is 1.83. The molecule has 0 aliphatic rings. The summed E-state index contributed by atoms with van der Waals surface area (Å²) in [4.78, 5) is 87.3. The van der Waals surface area contributed by atoms with Crippen LogP contribution in [0, 0.1) is 0 Å². The van der Waals surface area contributed by atoms with E-state index in [4.69, 9.17) is 9.47 Å². The van der Waals surface area contributed by atoms with Crippen molar-refractivity contribution in [1.82, 2.24) is 37.2 Å². The van der Waals surface area contributed by atoms with Crippen LogP contribution in [0.4, 0.5) is 0 Å². The summed E-state index contributed by atoms with van der Waals surface area (Å²) in [6.45, 7) is 5.75. The zero-order valence-electron chi connectivity index (χ0n) is 31.9. The third-order valence-corrected chi connectivity index (χ3v) is 7.88. The predicted molar refractivity (Wildman–Crippen MR) is 206 cm³/mol. The van der Waals surface area contributed by atoms with Crippen molar-refractivity contribution < 1.29 is 43.0 Å². The van der Waals surface area contributed by atoms with Crippen molar-refractivity contribution in [3.05, 3.63) is 83.4 Å². The molecule has 2 aromatic rings. The summed E-state index contributed by atoms with van der Waals surface area (Å²) in [5.74, 6) is -3.62. The summed E-state index contributed by atoms with van der Waals surface area (Å²) in [5, 5.41) is 18.2. The van der Waals surface area contributed by atoms with Gasteiger partial charge in [-0.15, -0.1) is 0 Å². The van der Waals surface area contributed by atoms with Crippen molar-refractivity contribution >= 4 is 41.2 Å². The minimum Gasteiger partial charge on any atom is -0.378 e. The molecule has 16 heteroatoms. The molecule has 0 aromatic heterocycles. The van der Waals surface area contributed by atoms with Crippen molar-refractivity contribution in [2.24, 2.45) is 0 Å². The Morgan fingerprint density at radius 2 is 1.25 bits per heavy atom. The lowest BCUT2D eigenvalue weighted by Crippen LogP contribution is -2.54. The number of hydrogen-bond acceptors (Lipinski definition) is 10. The Balaban J connectivity index is 1.75. The van der Waals surface area contributed by atoms with Crippen LogP contribution in [0.15, 0.2) is 66.7 Å². The third-order valence-electron chi connectivity index (χ3n) is 7.88. The molecule has 2 unspecified atom stereocenters. The van der Waals surface area contributed by atoms with Crippen LogP contribution in [-0.2, 0) is 44.7 Å². The van der Waals surface area contributed by atoms with E-state index in [0.29, 0.717) is 43.9 Å². The zero-order valence-corrected chi connectivity index (χ0v) is 31.9. The molecule has 0 radical (unpaired) electrons. The molecule has 16 nitrogen and oxygen atoms in total. The number of carbonyl (C=O) groups excluding carboxylic acids is 7. The average molecular weight is 766 g/mol. The second-order valence-electron chi connectivity index (χ2n) is 12.4. The van der Waals surface area contributed by atoms with Gasteiger partial charge >= 0.3 is 0 Å². The topological polar surface area (TPSA) is 222 Å². The van der Waals surface area contributed by atoms with Crippen LogP contribution in [0.25, 0.3) is 0 Å². The van der Waals surface area contributed by atoms with Crippen molar-refractivity contribution in [1.29, 1.82) is 0 Å². The van der Waals surface area contributed by atoms with Crippen molar-refractivity contribution in [2.45, 2.75) is 51.6 Å². The first kappa shape index (κ1) is 45.7. The molecular weight excluding hydrogens is 710 g/mol. The largest absolute Gasteiger partial charge is 0.378 e. The highest BCUT2D eigenvalue weighted by Crippen LogP contribution is 2.13. The molecule has 2 aromatic carbocycles. The fourth-order valence-electron chi connectivity index (χ4n) is 4.75. The number of carbonyl (C=O) groups is 7. The lowest BCUT2D eigenvalue weighted by Gasteiger charge is -2.21. The van der Waals surface area contributed by atoms with Crippen LogP contribution in [0.2, 0.25) is 0 Å². The normalized spacial score (nSPS) is 11.9. The Labute approximate surface area is 322 Å². The molecule has 7 N–H and O–H groups in total. The van der Waals surface area contributed by atoms with Gasteiger partial charge in [-0.05, 0) is 38.8 Å². The van der Waals surface area contributed by atoms with E-state index in [1.54, 1.807) is 36.4 Å². The molecule has 0 saturated carbocycles. The number of likely N-dealkylation sites (N-methyl/N-ethyl adjacent to an activating group) is 1. The van der Waals surface area contributed by atoms with Crippen LogP contribution >= 0.6 is 0 Å². The Morgan fingerprint density at radius 3 is 1.87 bits per heavy atom. The summed E-state index contributed by atoms with van der Waals surface area (Å²) in [6, 6.07) is 14.1. The first-order valence-corrected chi connectivity index (χ1v) is 18.4. The van der Waals surface area contributed by atoms with Crippen LogP contribution in [0.1, 0.15) is 54.6 Å². The van der Waals surface area contributed by atoms with E-state index >= 15 is 0 Å². The van der Waals surface area contributed by atoms with Crippen molar-refractivity contribution in [3.63, 3.8) is 0 Å². The predicted octanol–water partition coefficient (Wildman–Crippen LogP) is -0.0866. The lowest BCUT2D eigenvalue weighted by atomic mass is 9.99. The summed E-state index contributed by atoms with van der Waals surface area (Å²) < 4.78 is 10.6. The van der Waals surface area contributed by atoms with Crippen molar-refractivity contribution in [3.8, 4) is 0 Å². The van der Waals surface area contributed by atoms with Gasteiger partial charge in [0.25, 0.3) is 0 Å². The maximum absolute atomic E-state index is 13.0. The standard InChI is InChI=1S/C39H55N7O9/c1-4-5-19-42-39(53)32(16-13-29-11-14-31(15-12-29)37(51)30-9-7-6-8-10-30)46-38(52)28(2)45-36(50)27-44-34(48)18-17-33(47)43-26-35(49)41-21-23-55-25-24-54-22-20-40-3/h6-12,14-15,17-18,28,32,40H,4-5,13,16,19-27H2,1-3H3,(H,41,49)(H,42,53)(H,43,47)(H,44,48)(H,45,50)(H,46,52)/b18-17+. The fraction of sp³-hybridized carbons (Fsp3) is 0.462. The number of rotatable bonds is 27. The van der Waals surface area contributed by atoms with E-state index in [1.165, 1.54) is 6.92 Å². The smallest absolute Gasteiger partial charge is 0.244 e. The average Bonchev–Trinajstić information content (AvgIpc) is 3.19. The Hall–Kier alpha value is -5.45. The number of ketones is 1. The van der Waals surface area contributed by atoms with Gasteiger partial charge in [0.05, 0.1) is 39.5 Å². The maximum atomic E-state index is 13.0. The molecule has 0 saturated heterocycles. The van der Waals surface area contributed by atoms with Crippen LogP contribution in [0.3, 0.4) is 0 Å².